The van der Waals surface area contributed by atoms with Gasteiger partial charge in [-0.1, -0.05) is 25.5 Å². The Kier molecular flexibility index (Phi) is 6.22. The monoisotopic (exact) mass is 257 g/mol. The lowest BCUT2D eigenvalue weighted by Gasteiger charge is -2.23. The van der Waals surface area contributed by atoms with Crippen molar-refractivity contribution in [2.45, 2.75) is 45.3 Å². The van der Waals surface area contributed by atoms with Crippen LogP contribution < -0.4 is 5.73 Å². The summed E-state index contributed by atoms with van der Waals surface area (Å²) in [5.74, 6) is -1.64. The Hall–Kier alpha value is -1.00. The van der Waals surface area contributed by atoms with Gasteiger partial charge in [-0.15, -0.1) is 0 Å². The average Bonchev–Trinajstić information content (AvgIpc) is 2.34. The van der Waals surface area contributed by atoms with Gasteiger partial charge < -0.3 is 10.5 Å². The van der Waals surface area contributed by atoms with Crippen molar-refractivity contribution in [3.8, 4) is 0 Å². The first-order chi connectivity index (χ1) is 8.60. The summed E-state index contributed by atoms with van der Waals surface area (Å²) in [6, 6.07) is 3.85. The van der Waals surface area contributed by atoms with Crippen LogP contribution in [0.5, 0.6) is 0 Å². The van der Waals surface area contributed by atoms with Crippen LogP contribution in [0.4, 0.5) is 8.78 Å². The smallest absolute Gasteiger partial charge is 0.162 e. The summed E-state index contributed by atoms with van der Waals surface area (Å²) in [7, 11) is 0. The van der Waals surface area contributed by atoms with E-state index < -0.39 is 11.6 Å². The van der Waals surface area contributed by atoms with Gasteiger partial charge in [0.25, 0.3) is 0 Å². The number of halogens is 2. The fourth-order valence-electron chi connectivity index (χ4n) is 2.01. The van der Waals surface area contributed by atoms with Crippen LogP contribution in [-0.2, 0) is 11.2 Å². The molecule has 0 amide bonds. The lowest BCUT2D eigenvalue weighted by atomic mass is 9.98. The predicted molar refractivity (Wildman–Crippen MR) is 68.4 cm³/mol. The lowest BCUT2D eigenvalue weighted by molar-refractivity contribution is 0.0376. The SMILES string of the molecule is CCCC(OCC)C(N)Cc1cccc(F)c1F. The highest BCUT2D eigenvalue weighted by Gasteiger charge is 2.19. The van der Waals surface area contributed by atoms with Crippen LogP contribution in [0.1, 0.15) is 32.3 Å². The van der Waals surface area contributed by atoms with Crippen LogP contribution in [-0.4, -0.2) is 18.8 Å². The van der Waals surface area contributed by atoms with E-state index >= 15 is 0 Å². The van der Waals surface area contributed by atoms with Crippen molar-refractivity contribution in [1.29, 1.82) is 0 Å². The first-order valence-electron chi connectivity index (χ1n) is 6.40. The van der Waals surface area contributed by atoms with Gasteiger partial charge in [-0.25, -0.2) is 8.78 Å². The van der Waals surface area contributed by atoms with Crippen LogP contribution in [0.2, 0.25) is 0 Å². The van der Waals surface area contributed by atoms with Crippen molar-refractivity contribution in [1.82, 2.24) is 0 Å². The van der Waals surface area contributed by atoms with Gasteiger partial charge in [0, 0.05) is 12.6 Å². The molecular weight excluding hydrogens is 236 g/mol. The van der Waals surface area contributed by atoms with Crippen molar-refractivity contribution in [2.75, 3.05) is 6.61 Å². The number of rotatable bonds is 7. The predicted octanol–water partition coefficient (Wildman–Crippen LogP) is 3.04. The number of ether oxygens (including phenoxy) is 1. The zero-order valence-electron chi connectivity index (χ0n) is 11.0. The standard InChI is InChI=1S/C14H21F2NO/c1-3-6-13(18-4-2)12(17)9-10-7-5-8-11(15)14(10)16/h5,7-8,12-13H,3-4,6,9,17H2,1-2H3. The zero-order chi connectivity index (χ0) is 13.5. The molecule has 0 radical (unpaired) electrons. The minimum Gasteiger partial charge on any atom is -0.377 e. The summed E-state index contributed by atoms with van der Waals surface area (Å²) >= 11 is 0. The molecule has 0 spiro atoms. The molecule has 0 aliphatic carbocycles. The van der Waals surface area contributed by atoms with Crippen molar-refractivity contribution in [3.05, 3.63) is 35.4 Å². The molecule has 0 aliphatic rings. The number of hydrogen-bond acceptors (Lipinski definition) is 2. The van der Waals surface area contributed by atoms with Crippen molar-refractivity contribution in [3.63, 3.8) is 0 Å². The second-order valence-electron chi connectivity index (χ2n) is 4.36. The van der Waals surface area contributed by atoms with Crippen LogP contribution in [0.25, 0.3) is 0 Å². The fourth-order valence-corrected chi connectivity index (χ4v) is 2.01. The maximum Gasteiger partial charge on any atom is 0.162 e. The van der Waals surface area contributed by atoms with Crippen molar-refractivity contribution in [2.24, 2.45) is 5.73 Å². The molecule has 2 nitrogen and oxygen atoms in total. The third kappa shape index (κ3) is 4.03. The molecule has 0 fully saturated rings. The highest BCUT2D eigenvalue weighted by molar-refractivity contribution is 5.20. The molecular formula is C14H21F2NO. The molecule has 4 heteroatoms. The molecule has 102 valence electrons. The van der Waals surface area contributed by atoms with Gasteiger partial charge in [0.2, 0.25) is 0 Å². The minimum atomic E-state index is -0.830. The van der Waals surface area contributed by atoms with Gasteiger partial charge in [-0.3, -0.25) is 0 Å². The first-order valence-corrected chi connectivity index (χ1v) is 6.40. The topological polar surface area (TPSA) is 35.2 Å². The molecule has 1 aromatic carbocycles. The number of hydrogen-bond donors (Lipinski definition) is 1. The van der Waals surface area contributed by atoms with E-state index in [1.165, 1.54) is 6.07 Å². The van der Waals surface area contributed by atoms with Gasteiger partial charge in [0.05, 0.1) is 6.10 Å². The summed E-state index contributed by atoms with van der Waals surface area (Å²) < 4.78 is 32.2. The summed E-state index contributed by atoms with van der Waals surface area (Å²) in [5, 5.41) is 0. The Morgan fingerprint density at radius 2 is 2.00 bits per heavy atom. The Morgan fingerprint density at radius 3 is 2.61 bits per heavy atom. The van der Waals surface area contributed by atoms with Gasteiger partial charge in [-0.2, -0.15) is 0 Å². The first kappa shape index (κ1) is 15.1. The maximum atomic E-state index is 13.5. The van der Waals surface area contributed by atoms with E-state index in [1.807, 2.05) is 13.8 Å². The van der Waals surface area contributed by atoms with E-state index in [9.17, 15) is 8.78 Å². The van der Waals surface area contributed by atoms with Crippen LogP contribution in [0.3, 0.4) is 0 Å². The van der Waals surface area contributed by atoms with E-state index in [0.29, 0.717) is 12.2 Å². The fraction of sp³-hybridized carbons (Fsp3) is 0.571. The second-order valence-corrected chi connectivity index (χ2v) is 4.36. The minimum absolute atomic E-state index is 0.109. The maximum absolute atomic E-state index is 13.5. The van der Waals surface area contributed by atoms with Gasteiger partial charge in [0.15, 0.2) is 11.6 Å². The highest BCUT2D eigenvalue weighted by Crippen LogP contribution is 2.16. The molecule has 0 heterocycles. The summed E-state index contributed by atoms with van der Waals surface area (Å²) in [6.07, 6.45) is 1.95. The van der Waals surface area contributed by atoms with E-state index in [4.69, 9.17) is 10.5 Å². The molecule has 0 saturated carbocycles. The van der Waals surface area contributed by atoms with E-state index in [1.54, 1.807) is 6.07 Å². The van der Waals surface area contributed by atoms with Gasteiger partial charge in [0.1, 0.15) is 0 Å². The van der Waals surface area contributed by atoms with Crippen molar-refractivity contribution < 1.29 is 13.5 Å². The highest BCUT2D eigenvalue weighted by atomic mass is 19.2. The van der Waals surface area contributed by atoms with E-state index in [2.05, 4.69) is 0 Å². The molecule has 1 rings (SSSR count). The molecule has 1 aromatic rings. The number of benzene rings is 1. The van der Waals surface area contributed by atoms with Crippen LogP contribution in [0.15, 0.2) is 18.2 Å². The summed E-state index contributed by atoms with van der Waals surface area (Å²) in [4.78, 5) is 0. The second kappa shape index (κ2) is 7.44. The number of nitrogens with two attached hydrogens (primary N) is 1. The third-order valence-corrected chi connectivity index (χ3v) is 2.92. The third-order valence-electron chi connectivity index (χ3n) is 2.92. The molecule has 0 aromatic heterocycles. The molecule has 2 unspecified atom stereocenters. The molecule has 0 saturated heterocycles. The van der Waals surface area contributed by atoms with E-state index in [0.717, 1.165) is 18.9 Å². The van der Waals surface area contributed by atoms with Crippen LogP contribution >= 0.6 is 0 Å². The average molecular weight is 257 g/mol. The van der Waals surface area contributed by atoms with Crippen molar-refractivity contribution >= 4 is 0 Å². The van der Waals surface area contributed by atoms with Gasteiger partial charge >= 0.3 is 0 Å². The Balaban J connectivity index is 2.72. The molecule has 2 atom stereocenters. The summed E-state index contributed by atoms with van der Waals surface area (Å²) in [6.45, 7) is 4.52. The molecule has 18 heavy (non-hydrogen) atoms. The Labute approximate surface area is 107 Å². The van der Waals surface area contributed by atoms with E-state index in [-0.39, 0.29) is 18.6 Å². The lowest BCUT2D eigenvalue weighted by Crippen LogP contribution is -2.38. The van der Waals surface area contributed by atoms with Crippen LogP contribution in [0, 0.1) is 11.6 Å². The zero-order valence-corrected chi connectivity index (χ0v) is 11.0. The molecule has 0 bridgehead atoms. The Bertz CT molecular complexity index is 365. The Morgan fingerprint density at radius 1 is 1.28 bits per heavy atom. The normalized spacial score (nSPS) is 14.5. The molecule has 2 N–H and O–H groups in total. The largest absolute Gasteiger partial charge is 0.377 e. The van der Waals surface area contributed by atoms with Gasteiger partial charge in [-0.05, 0) is 31.4 Å². The summed E-state index contributed by atoms with van der Waals surface area (Å²) in [5.41, 5.74) is 6.34. The molecule has 0 aliphatic heterocycles. The quantitative estimate of drug-likeness (QED) is 0.815.